The van der Waals surface area contributed by atoms with E-state index in [9.17, 15) is 70.3 Å². The molecule has 5 atom stereocenters. The standard InChI is InChI=1S/C54H60F5N11O12/c1-30(65-49(78)33-15-18-61-19-16-33)47(76)64-31(2)48(77)67-39(25-41(60)71)51(80)66-38(50(79)63-21-20-62-42(72)28-70-43(73)13-14-44(70)74)17-22-69(45(75)29-82-52(81)54(57,58)59)46(53(3,4)5)40-23-34(36-24-35(55)11-12-37(36)56)27-68(40)26-32-9-7-6-8-10-32/h6-16,18-19,23-24,27,30-31,38-39,46H,17,20-22,25-26,28-29H2,1-5H3,(H2,60,71)(H,62,72)(H,63,79)(H,64,76)(H,65,78)(H,66,80)(H,67,77)/t30-,31-,38-,39-,46-/m0/s1. The lowest BCUT2D eigenvalue weighted by molar-refractivity contribution is -0.201. The van der Waals surface area contributed by atoms with Gasteiger partial charge in [-0.25, -0.2) is 13.6 Å². The number of alkyl halides is 3. The van der Waals surface area contributed by atoms with E-state index in [4.69, 9.17) is 5.73 Å². The number of carbonyl (C=O) groups is 11. The third-order valence-corrected chi connectivity index (χ3v) is 12.4. The minimum atomic E-state index is -5.55. The molecule has 0 aliphatic carbocycles. The summed E-state index contributed by atoms with van der Waals surface area (Å²) in [5.74, 6) is -14.0. The maximum absolute atomic E-state index is 15.5. The highest BCUT2D eigenvalue weighted by Crippen LogP contribution is 2.41. The van der Waals surface area contributed by atoms with Crippen molar-refractivity contribution in [2.45, 2.75) is 90.4 Å². The Kier molecular flexibility index (Phi) is 21.8. The zero-order valence-corrected chi connectivity index (χ0v) is 44.9. The van der Waals surface area contributed by atoms with Crippen LogP contribution < -0.4 is 37.6 Å². The highest BCUT2D eigenvalue weighted by molar-refractivity contribution is 6.14. The van der Waals surface area contributed by atoms with Crippen LogP contribution in [0.4, 0.5) is 22.0 Å². The molecule has 0 unspecified atom stereocenters. The van der Waals surface area contributed by atoms with Crippen molar-refractivity contribution in [3.63, 3.8) is 0 Å². The smallest absolute Gasteiger partial charge is 0.449 e. The lowest BCUT2D eigenvalue weighted by Gasteiger charge is -2.41. The predicted molar refractivity (Wildman–Crippen MR) is 279 cm³/mol. The van der Waals surface area contributed by atoms with E-state index >= 15 is 4.39 Å². The van der Waals surface area contributed by atoms with Crippen molar-refractivity contribution in [2.24, 2.45) is 11.1 Å². The molecule has 5 rings (SSSR count). The van der Waals surface area contributed by atoms with Gasteiger partial charge in [0.25, 0.3) is 23.6 Å². The molecular formula is C54H60F5N11O12. The topological polar surface area (TPSA) is 319 Å². The average molecular weight is 1150 g/mol. The van der Waals surface area contributed by atoms with E-state index < -0.39 is 158 Å². The van der Waals surface area contributed by atoms with Gasteiger partial charge in [-0.05, 0) is 67.6 Å². The summed E-state index contributed by atoms with van der Waals surface area (Å²) < 4.78 is 76.7. The molecule has 0 saturated carbocycles. The van der Waals surface area contributed by atoms with E-state index in [1.54, 1.807) is 55.7 Å². The number of hydrogen-bond acceptors (Lipinski definition) is 13. The van der Waals surface area contributed by atoms with Crippen LogP contribution >= 0.6 is 0 Å². The monoisotopic (exact) mass is 1150 g/mol. The van der Waals surface area contributed by atoms with Gasteiger partial charge in [0.05, 0.1) is 12.5 Å². The van der Waals surface area contributed by atoms with Gasteiger partial charge < -0.3 is 51.8 Å². The SMILES string of the molecule is C[C@H](NC(=O)c1ccncc1)C(=O)N[C@@H](C)C(=O)N[C@@H](CC(N)=O)C(=O)N[C@@H](CCN(C(=O)COC(=O)C(F)(F)F)[C@@H](c1cc(-c2cc(F)ccc2F)cn1Cc1ccccc1)C(C)(C)C)C(=O)NCCNC(=O)CN1C(=O)C=CC1=O. The van der Waals surface area contributed by atoms with E-state index in [2.05, 4.69) is 41.6 Å². The maximum atomic E-state index is 15.5. The second kappa shape index (κ2) is 28.2. The molecule has 1 aliphatic heterocycles. The highest BCUT2D eigenvalue weighted by Gasteiger charge is 2.43. The second-order valence-corrected chi connectivity index (χ2v) is 19.8. The number of imide groups is 1. The van der Waals surface area contributed by atoms with Crippen LogP contribution in [0.5, 0.6) is 0 Å². The summed E-state index contributed by atoms with van der Waals surface area (Å²) in [7, 11) is 0. The molecule has 2 aromatic heterocycles. The molecule has 82 heavy (non-hydrogen) atoms. The number of nitrogens with two attached hydrogens (primary N) is 1. The van der Waals surface area contributed by atoms with Crippen molar-refractivity contribution < 1.29 is 79.4 Å². The molecule has 0 spiro atoms. The molecule has 4 aromatic rings. The molecule has 0 saturated heterocycles. The lowest BCUT2D eigenvalue weighted by Crippen LogP contribution is -2.58. The van der Waals surface area contributed by atoms with E-state index in [0.717, 1.165) is 35.3 Å². The number of ether oxygens (including phenoxy) is 1. The minimum Gasteiger partial charge on any atom is -0.449 e. The lowest BCUT2D eigenvalue weighted by atomic mass is 9.82. The molecule has 10 amide bonds. The first kappa shape index (κ1) is 63.5. The number of hydrogen-bond donors (Lipinski definition) is 7. The van der Waals surface area contributed by atoms with Crippen LogP contribution in [-0.4, -0.2) is 148 Å². The number of nitrogens with zero attached hydrogens (tertiary/aromatic N) is 4. The number of nitrogens with one attached hydrogen (secondary N) is 6. The van der Waals surface area contributed by atoms with Crippen LogP contribution in [0.15, 0.2) is 97.5 Å². The van der Waals surface area contributed by atoms with Crippen LogP contribution in [0.25, 0.3) is 11.1 Å². The van der Waals surface area contributed by atoms with Crippen LogP contribution in [0, 0.1) is 17.0 Å². The van der Waals surface area contributed by atoms with Crippen molar-refractivity contribution >= 4 is 65.0 Å². The third-order valence-electron chi connectivity index (χ3n) is 12.4. The van der Waals surface area contributed by atoms with E-state index in [1.165, 1.54) is 50.6 Å². The summed E-state index contributed by atoms with van der Waals surface area (Å²) in [5, 5.41) is 14.3. The molecular weight excluding hydrogens is 1090 g/mol. The van der Waals surface area contributed by atoms with E-state index in [1.807, 2.05) is 0 Å². The zero-order chi connectivity index (χ0) is 60.6. The summed E-state index contributed by atoms with van der Waals surface area (Å²) in [5.41, 5.74) is 5.20. The second-order valence-electron chi connectivity index (χ2n) is 19.8. The third kappa shape index (κ3) is 18.1. The van der Waals surface area contributed by atoms with Crippen molar-refractivity contribution in [2.75, 3.05) is 32.8 Å². The Morgan fingerprint density at radius 1 is 0.744 bits per heavy atom. The van der Waals surface area contributed by atoms with Crippen molar-refractivity contribution in [1.82, 2.24) is 51.3 Å². The van der Waals surface area contributed by atoms with Gasteiger partial charge in [0.1, 0.15) is 42.3 Å². The molecule has 28 heteroatoms. The first-order valence-corrected chi connectivity index (χ1v) is 25.2. The largest absolute Gasteiger partial charge is 0.490 e. The Hall–Kier alpha value is -9.37. The number of primary amides is 1. The molecule has 23 nitrogen and oxygen atoms in total. The number of halogens is 5. The number of pyridine rings is 1. The van der Waals surface area contributed by atoms with Crippen LogP contribution in [0.3, 0.4) is 0 Å². The van der Waals surface area contributed by atoms with Gasteiger partial charge >= 0.3 is 12.1 Å². The van der Waals surface area contributed by atoms with Crippen molar-refractivity contribution in [1.29, 1.82) is 0 Å². The number of aromatic nitrogens is 2. The molecule has 0 bridgehead atoms. The Morgan fingerprint density at radius 3 is 1.98 bits per heavy atom. The first-order chi connectivity index (χ1) is 38.5. The average Bonchev–Trinajstić information content (AvgIpc) is 4.19. The molecule has 3 heterocycles. The number of amides is 10. The Morgan fingerprint density at radius 2 is 1.35 bits per heavy atom. The van der Waals surface area contributed by atoms with Crippen LogP contribution in [0.1, 0.15) is 75.1 Å². The molecule has 2 aromatic carbocycles. The predicted octanol–water partition coefficient (Wildman–Crippen LogP) is 1.61. The van der Waals surface area contributed by atoms with Gasteiger partial charge in [0.2, 0.25) is 35.4 Å². The van der Waals surface area contributed by atoms with Gasteiger partial charge in [-0.1, -0.05) is 51.1 Å². The summed E-state index contributed by atoms with van der Waals surface area (Å²) in [6.07, 6.45) is -1.06. The number of esters is 1. The fourth-order valence-electron chi connectivity index (χ4n) is 8.37. The number of benzene rings is 2. The first-order valence-electron chi connectivity index (χ1n) is 25.2. The van der Waals surface area contributed by atoms with E-state index in [-0.39, 0.29) is 35.5 Å². The van der Waals surface area contributed by atoms with Crippen LogP contribution in [0.2, 0.25) is 0 Å². The normalized spacial score (nSPS) is 14.1. The van der Waals surface area contributed by atoms with Gasteiger partial charge in [-0.15, -0.1) is 0 Å². The summed E-state index contributed by atoms with van der Waals surface area (Å²) in [4.78, 5) is 149. The molecule has 1 aliphatic rings. The Balaban J connectivity index is 1.49. The summed E-state index contributed by atoms with van der Waals surface area (Å²) >= 11 is 0. The minimum absolute atomic E-state index is 0.0150. The molecule has 0 fully saturated rings. The van der Waals surface area contributed by atoms with Crippen molar-refractivity contribution in [3.8, 4) is 11.1 Å². The Labute approximate surface area is 465 Å². The van der Waals surface area contributed by atoms with Gasteiger partial charge in [0, 0.05) is 79.3 Å². The Bertz CT molecular complexity index is 3060. The van der Waals surface area contributed by atoms with Crippen LogP contribution in [-0.2, 0) is 59.2 Å². The number of rotatable bonds is 26. The fraction of sp³-hybridized carbons (Fsp3) is 0.370. The zero-order valence-electron chi connectivity index (χ0n) is 44.9. The number of carbonyl (C=O) groups excluding carboxylic acids is 11. The maximum Gasteiger partial charge on any atom is 0.490 e. The highest BCUT2D eigenvalue weighted by atomic mass is 19.4. The summed E-state index contributed by atoms with van der Waals surface area (Å²) in [6, 6.07) is 7.85. The molecule has 8 N–H and O–H groups in total. The molecule has 0 radical (unpaired) electrons. The van der Waals surface area contributed by atoms with E-state index in [0.29, 0.717) is 10.5 Å². The van der Waals surface area contributed by atoms with Gasteiger partial charge in [-0.2, -0.15) is 13.2 Å². The van der Waals surface area contributed by atoms with Gasteiger partial charge in [0.15, 0.2) is 6.61 Å². The molecule has 438 valence electrons. The van der Waals surface area contributed by atoms with Crippen molar-refractivity contribution in [3.05, 3.63) is 126 Å². The quantitative estimate of drug-likeness (QED) is 0.0204. The summed E-state index contributed by atoms with van der Waals surface area (Å²) in [6.45, 7) is 3.73. The fourth-order valence-corrected chi connectivity index (χ4v) is 8.37. The van der Waals surface area contributed by atoms with Gasteiger partial charge in [-0.3, -0.25) is 57.8 Å².